The Balaban J connectivity index is 1.80. The number of rotatable bonds is 9. The first-order chi connectivity index (χ1) is 14.6. The van der Waals surface area contributed by atoms with E-state index >= 15 is 0 Å². The van der Waals surface area contributed by atoms with Crippen LogP contribution in [0.4, 0.5) is 5.00 Å². The summed E-state index contributed by atoms with van der Waals surface area (Å²) in [6.45, 7) is 4.31. The zero-order valence-corrected chi connectivity index (χ0v) is 17.7. The highest BCUT2D eigenvalue weighted by Gasteiger charge is 2.23. The highest BCUT2D eigenvalue weighted by Crippen LogP contribution is 2.36. The van der Waals surface area contributed by atoms with Crippen molar-refractivity contribution in [3.8, 4) is 22.6 Å². The van der Waals surface area contributed by atoms with E-state index in [9.17, 15) is 9.59 Å². The summed E-state index contributed by atoms with van der Waals surface area (Å²) in [4.78, 5) is 25.0. The lowest BCUT2D eigenvalue weighted by atomic mass is 10.0. The number of esters is 1. The van der Waals surface area contributed by atoms with Crippen LogP contribution >= 0.6 is 11.3 Å². The number of amides is 1. The minimum absolute atomic E-state index is 0.164. The molecule has 0 aliphatic heterocycles. The molecular weight excluding hydrogens is 402 g/mol. The number of carbonyl (C=O) groups is 2. The molecule has 0 aliphatic rings. The van der Waals surface area contributed by atoms with Crippen molar-refractivity contribution in [2.75, 3.05) is 25.1 Å². The number of para-hydroxylation sites is 1. The molecule has 0 saturated heterocycles. The number of hydrogen-bond acceptors (Lipinski definition) is 6. The smallest absolute Gasteiger partial charge is 0.341 e. The number of anilines is 1. The third-order valence-electron chi connectivity index (χ3n) is 4.11. The summed E-state index contributed by atoms with van der Waals surface area (Å²) in [5.41, 5.74) is 1.86. The predicted octanol–water partition coefficient (Wildman–Crippen LogP) is 5.01. The summed E-state index contributed by atoms with van der Waals surface area (Å²) in [6, 6.07) is 16.5. The fourth-order valence-electron chi connectivity index (χ4n) is 2.79. The van der Waals surface area contributed by atoms with E-state index in [2.05, 4.69) is 5.32 Å². The maximum absolute atomic E-state index is 12.6. The average Bonchev–Trinajstić information content (AvgIpc) is 3.17. The van der Waals surface area contributed by atoms with Crippen LogP contribution in [-0.4, -0.2) is 31.7 Å². The van der Waals surface area contributed by atoms with Gasteiger partial charge in [-0.3, -0.25) is 4.79 Å². The van der Waals surface area contributed by atoms with Gasteiger partial charge in [0.05, 0.1) is 13.2 Å². The molecule has 0 fully saturated rings. The number of nitrogens with one attached hydrogen (secondary N) is 1. The van der Waals surface area contributed by atoms with Gasteiger partial charge in [-0.2, -0.15) is 0 Å². The molecular formula is C23H23NO5S. The molecule has 30 heavy (non-hydrogen) atoms. The third kappa shape index (κ3) is 5.39. The maximum Gasteiger partial charge on any atom is 0.341 e. The van der Waals surface area contributed by atoms with Crippen molar-refractivity contribution in [1.29, 1.82) is 0 Å². The standard InChI is InChI=1S/C23H23NO5S/c1-3-27-18-12-10-16(11-13-18)19-15-30-22(21(19)23(26)28-4-2)24-20(25)14-29-17-8-6-5-7-9-17/h5-13,15H,3-4,14H2,1-2H3,(H,24,25). The van der Waals surface area contributed by atoms with Gasteiger partial charge in [0.25, 0.3) is 5.91 Å². The topological polar surface area (TPSA) is 73.9 Å². The molecule has 7 heteroatoms. The summed E-state index contributed by atoms with van der Waals surface area (Å²) in [5, 5.41) is 5.03. The summed E-state index contributed by atoms with van der Waals surface area (Å²) >= 11 is 1.27. The second kappa shape index (κ2) is 10.5. The predicted molar refractivity (Wildman–Crippen MR) is 117 cm³/mol. The lowest BCUT2D eigenvalue weighted by molar-refractivity contribution is -0.118. The van der Waals surface area contributed by atoms with Gasteiger partial charge in [-0.05, 0) is 43.7 Å². The fourth-order valence-corrected chi connectivity index (χ4v) is 3.77. The molecule has 2 aromatic carbocycles. The van der Waals surface area contributed by atoms with Crippen LogP contribution in [0.5, 0.6) is 11.5 Å². The Bertz CT molecular complexity index is 983. The first-order valence-electron chi connectivity index (χ1n) is 9.61. The molecule has 1 heterocycles. The average molecular weight is 426 g/mol. The van der Waals surface area contributed by atoms with Gasteiger partial charge in [-0.25, -0.2) is 4.79 Å². The van der Waals surface area contributed by atoms with Gasteiger partial charge < -0.3 is 19.5 Å². The monoisotopic (exact) mass is 425 g/mol. The Morgan fingerprint density at radius 1 is 0.900 bits per heavy atom. The molecule has 1 N–H and O–H groups in total. The zero-order valence-electron chi connectivity index (χ0n) is 16.8. The van der Waals surface area contributed by atoms with E-state index < -0.39 is 5.97 Å². The normalized spacial score (nSPS) is 10.3. The van der Waals surface area contributed by atoms with Crippen molar-refractivity contribution in [2.24, 2.45) is 0 Å². The molecule has 1 amide bonds. The van der Waals surface area contributed by atoms with Gasteiger partial charge in [0.15, 0.2) is 6.61 Å². The summed E-state index contributed by atoms with van der Waals surface area (Å²) in [6.07, 6.45) is 0. The van der Waals surface area contributed by atoms with Crippen molar-refractivity contribution in [1.82, 2.24) is 0 Å². The van der Waals surface area contributed by atoms with E-state index in [-0.39, 0.29) is 19.1 Å². The van der Waals surface area contributed by atoms with E-state index in [1.807, 2.05) is 54.8 Å². The Hall–Kier alpha value is -3.32. The minimum atomic E-state index is -0.484. The Labute approximate surface area is 179 Å². The highest BCUT2D eigenvalue weighted by atomic mass is 32.1. The van der Waals surface area contributed by atoms with E-state index in [4.69, 9.17) is 14.2 Å². The van der Waals surface area contributed by atoms with Gasteiger partial charge >= 0.3 is 5.97 Å². The number of ether oxygens (including phenoxy) is 3. The second-order valence-electron chi connectivity index (χ2n) is 6.18. The van der Waals surface area contributed by atoms with Crippen LogP contribution in [0.1, 0.15) is 24.2 Å². The SMILES string of the molecule is CCOC(=O)c1c(-c2ccc(OCC)cc2)csc1NC(=O)COc1ccccc1. The van der Waals surface area contributed by atoms with Crippen LogP contribution in [0.3, 0.4) is 0 Å². The summed E-state index contributed by atoms with van der Waals surface area (Å²) in [5.74, 6) is 0.506. The molecule has 0 spiro atoms. The van der Waals surface area contributed by atoms with Gasteiger partial charge in [0.1, 0.15) is 22.1 Å². The lowest BCUT2D eigenvalue weighted by Crippen LogP contribution is -2.21. The summed E-state index contributed by atoms with van der Waals surface area (Å²) in [7, 11) is 0. The first-order valence-corrected chi connectivity index (χ1v) is 10.5. The molecule has 3 rings (SSSR count). The third-order valence-corrected chi connectivity index (χ3v) is 5.01. The first kappa shape index (κ1) is 21.4. The Kier molecular flexibility index (Phi) is 7.45. The number of thiophene rings is 1. The van der Waals surface area contributed by atoms with E-state index in [0.29, 0.717) is 28.5 Å². The van der Waals surface area contributed by atoms with Gasteiger partial charge in [-0.15, -0.1) is 11.3 Å². The van der Waals surface area contributed by atoms with E-state index in [1.54, 1.807) is 19.1 Å². The molecule has 0 radical (unpaired) electrons. The molecule has 0 atom stereocenters. The zero-order chi connectivity index (χ0) is 21.3. The van der Waals surface area contributed by atoms with Crippen LogP contribution in [0.25, 0.3) is 11.1 Å². The van der Waals surface area contributed by atoms with Crippen molar-refractivity contribution in [3.05, 3.63) is 65.5 Å². The van der Waals surface area contributed by atoms with Crippen molar-refractivity contribution in [2.45, 2.75) is 13.8 Å². The second-order valence-corrected chi connectivity index (χ2v) is 7.06. The highest BCUT2D eigenvalue weighted by molar-refractivity contribution is 7.15. The van der Waals surface area contributed by atoms with Crippen LogP contribution in [0.2, 0.25) is 0 Å². The maximum atomic E-state index is 12.6. The Morgan fingerprint density at radius 2 is 1.60 bits per heavy atom. The molecule has 0 aliphatic carbocycles. The molecule has 0 bridgehead atoms. The number of benzene rings is 2. The van der Waals surface area contributed by atoms with Crippen LogP contribution in [0, 0.1) is 0 Å². The van der Waals surface area contributed by atoms with Crippen LogP contribution < -0.4 is 14.8 Å². The van der Waals surface area contributed by atoms with E-state index in [0.717, 1.165) is 11.3 Å². The van der Waals surface area contributed by atoms with Crippen molar-refractivity contribution >= 4 is 28.2 Å². The molecule has 0 saturated carbocycles. The van der Waals surface area contributed by atoms with Gasteiger partial charge in [0.2, 0.25) is 0 Å². The van der Waals surface area contributed by atoms with Gasteiger partial charge in [0, 0.05) is 10.9 Å². The van der Waals surface area contributed by atoms with Crippen LogP contribution in [-0.2, 0) is 9.53 Å². The fraction of sp³-hybridized carbons (Fsp3) is 0.217. The lowest BCUT2D eigenvalue weighted by Gasteiger charge is -2.10. The summed E-state index contributed by atoms with van der Waals surface area (Å²) < 4.78 is 16.2. The van der Waals surface area contributed by atoms with Gasteiger partial charge in [-0.1, -0.05) is 30.3 Å². The largest absolute Gasteiger partial charge is 0.494 e. The molecule has 156 valence electrons. The van der Waals surface area contributed by atoms with Crippen LogP contribution in [0.15, 0.2) is 60.0 Å². The van der Waals surface area contributed by atoms with Crippen molar-refractivity contribution in [3.63, 3.8) is 0 Å². The quantitative estimate of drug-likeness (QED) is 0.488. The Morgan fingerprint density at radius 3 is 2.27 bits per heavy atom. The molecule has 1 aromatic heterocycles. The molecule has 3 aromatic rings. The minimum Gasteiger partial charge on any atom is -0.494 e. The molecule has 6 nitrogen and oxygen atoms in total. The van der Waals surface area contributed by atoms with E-state index in [1.165, 1.54) is 11.3 Å². The molecule has 0 unspecified atom stereocenters. The number of carbonyl (C=O) groups excluding carboxylic acids is 2. The van der Waals surface area contributed by atoms with Crippen molar-refractivity contribution < 1.29 is 23.8 Å². The number of hydrogen-bond donors (Lipinski definition) is 1.